The molecule has 0 amide bonds. The fraction of sp³-hybridized carbons (Fsp3) is 0. The molecule has 0 fully saturated rings. The third-order valence-corrected chi connectivity index (χ3v) is 1.54. The first-order valence-electron chi connectivity index (χ1n) is 3.52. The van der Waals surface area contributed by atoms with Gasteiger partial charge in [-0.25, -0.2) is 5.84 Å². The van der Waals surface area contributed by atoms with Crippen LogP contribution in [0.5, 0.6) is 5.75 Å². The number of phenols is 1. The van der Waals surface area contributed by atoms with E-state index in [1.165, 1.54) is 6.07 Å². The van der Waals surface area contributed by atoms with Crippen LogP contribution >= 0.6 is 0 Å². The Labute approximate surface area is 75.0 Å². The normalized spacial score (nSPS) is 11.3. The van der Waals surface area contributed by atoms with Crippen LogP contribution in [0, 0.1) is 0 Å². The van der Waals surface area contributed by atoms with Crippen molar-refractivity contribution in [1.29, 1.82) is 0 Å². The Hall–Kier alpha value is -1.95. The smallest absolute Gasteiger partial charge is 0.170 e. The van der Waals surface area contributed by atoms with E-state index in [0.717, 1.165) is 0 Å². The number of rotatable bonds is 1. The molecule has 0 bridgehead atoms. The van der Waals surface area contributed by atoms with Crippen LogP contribution in [0.15, 0.2) is 23.3 Å². The maximum absolute atomic E-state index is 9.41. The summed E-state index contributed by atoms with van der Waals surface area (Å²) < 4.78 is 0. The zero-order valence-corrected chi connectivity index (χ0v) is 6.86. The third-order valence-electron chi connectivity index (χ3n) is 1.54. The van der Waals surface area contributed by atoms with Gasteiger partial charge in [-0.15, -0.1) is 0 Å². The summed E-state index contributed by atoms with van der Waals surface area (Å²) in [6.07, 6.45) is 0. The molecule has 6 nitrogen and oxygen atoms in total. The van der Waals surface area contributed by atoms with Gasteiger partial charge < -0.3 is 22.1 Å². The quantitative estimate of drug-likeness (QED) is 0.126. The number of anilines is 1. The van der Waals surface area contributed by atoms with Gasteiger partial charge in [0.25, 0.3) is 0 Å². The first kappa shape index (κ1) is 9.14. The van der Waals surface area contributed by atoms with E-state index >= 15 is 0 Å². The van der Waals surface area contributed by atoms with Crippen molar-refractivity contribution in [2.24, 2.45) is 16.8 Å². The Morgan fingerprint density at radius 3 is 2.62 bits per heavy atom. The van der Waals surface area contributed by atoms with Crippen molar-refractivity contribution < 1.29 is 5.11 Å². The molecule has 0 unspecified atom stereocenters. The molecule has 0 saturated heterocycles. The molecule has 8 N–H and O–H groups in total. The van der Waals surface area contributed by atoms with Crippen LogP contribution in [-0.4, -0.2) is 10.9 Å². The van der Waals surface area contributed by atoms with E-state index in [1.54, 1.807) is 12.1 Å². The fourth-order valence-corrected chi connectivity index (χ4v) is 0.933. The molecule has 6 heteroatoms. The van der Waals surface area contributed by atoms with Crippen molar-refractivity contribution in [3.63, 3.8) is 0 Å². The van der Waals surface area contributed by atoms with E-state index in [0.29, 0.717) is 11.3 Å². The minimum atomic E-state index is -0.0258. The van der Waals surface area contributed by atoms with Gasteiger partial charge in [0.2, 0.25) is 0 Å². The second-order valence-corrected chi connectivity index (χ2v) is 2.40. The highest BCUT2D eigenvalue weighted by Gasteiger charge is 2.06. The van der Waals surface area contributed by atoms with Crippen LogP contribution in [0.2, 0.25) is 0 Å². The minimum Gasteiger partial charge on any atom is -0.507 e. The number of nitrogens with two attached hydrogens (primary N) is 3. The van der Waals surface area contributed by atoms with Crippen LogP contribution in [0.1, 0.15) is 5.56 Å². The Kier molecular flexibility index (Phi) is 2.56. The zero-order chi connectivity index (χ0) is 9.84. The summed E-state index contributed by atoms with van der Waals surface area (Å²) in [4.78, 5) is 0. The zero-order valence-electron chi connectivity index (χ0n) is 6.86. The summed E-state index contributed by atoms with van der Waals surface area (Å²) in [7, 11) is 0. The first-order valence-corrected chi connectivity index (χ1v) is 3.52. The molecule has 1 aromatic rings. The van der Waals surface area contributed by atoms with Crippen molar-refractivity contribution in [2.75, 3.05) is 5.73 Å². The number of aromatic hydroxyl groups is 1. The summed E-state index contributed by atoms with van der Waals surface area (Å²) >= 11 is 0. The highest BCUT2D eigenvalue weighted by Crippen LogP contribution is 2.19. The number of nitrogen functional groups attached to an aromatic ring is 1. The van der Waals surface area contributed by atoms with Gasteiger partial charge in [-0.2, -0.15) is 5.10 Å². The lowest BCUT2D eigenvalue weighted by atomic mass is 10.1. The predicted molar refractivity (Wildman–Crippen MR) is 50.6 cm³/mol. The van der Waals surface area contributed by atoms with Crippen LogP contribution in [0.4, 0.5) is 5.69 Å². The summed E-state index contributed by atoms with van der Waals surface area (Å²) in [5, 5.41) is 12.8. The standard InChI is InChI=1S/C7H11N5O/c8-4-1-2-5(6(13)3-4)7(11-9)12-10/h1-3,13H,8-10H2,(H,11,12). The molecule has 0 aliphatic carbocycles. The van der Waals surface area contributed by atoms with Gasteiger partial charge in [-0.05, 0) is 12.1 Å². The maximum Gasteiger partial charge on any atom is 0.170 e. The van der Waals surface area contributed by atoms with Gasteiger partial charge in [0.05, 0.1) is 5.56 Å². The molecule has 0 atom stereocenters. The van der Waals surface area contributed by atoms with Crippen molar-refractivity contribution in [1.82, 2.24) is 5.43 Å². The van der Waals surface area contributed by atoms with E-state index in [2.05, 4.69) is 10.5 Å². The predicted octanol–water partition coefficient (Wildman–Crippen LogP) is -0.942. The topological polar surface area (TPSA) is 123 Å². The highest BCUT2D eigenvalue weighted by atomic mass is 16.3. The Morgan fingerprint density at radius 2 is 2.15 bits per heavy atom. The van der Waals surface area contributed by atoms with Gasteiger partial charge in [-0.3, -0.25) is 0 Å². The number of nitrogens with zero attached hydrogens (tertiary/aromatic N) is 1. The fourth-order valence-electron chi connectivity index (χ4n) is 0.933. The average Bonchev–Trinajstić information content (AvgIpc) is 2.10. The first-order chi connectivity index (χ1) is 6.19. The van der Waals surface area contributed by atoms with E-state index in [-0.39, 0.29) is 11.6 Å². The number of phenolic OH excluding ortho intramolecular Hbond substituents is 1. The van der Waals surface area contributed by atoms with Crippen LogP contribution < -0.4 is 22.8 Å². The van der Waals surface area contributed by atoms with Gasteiger partial charge in [-0.1, -0.05) is 0 Å². The molecule has 1 aromatic carbocycles. The third kappa shape index (κ3) is 1.79. The number of hydrogen-bond acceptors (Lipinski definition) is 5. The van der Waals surface area contributed by atoms with Crippen LogP contribution in [-0.2, 0) is 0 Å². The highest BCUT2D eigenvalue weighted by molar-refractivity contribution is 6.00. The number of hydrazine groups is 1. The number of amidine groups is 1. The lowest BCUT2D eigenvalue weighted by molar-refractivity contribution is 0.474. The Balaban J connectivity index is 3.15. The summed E-state index contributed by atoms with van der Waals surface area (Å²) in [5.41, 5.74) is 8.54. The molecule has 0 aliphatic heterocycles. The van der Waals surface area contributed by atoms with Gasteiger partial charge in [0.1, 0.15) is 5.75 Å². The molecular formula is C7H11N5O. The molecule has 1 rings (SSSR count). The van der Waals surface area contributed by atoms with Gasteiger partial charge in [0, 0.05) is 11.8 Å². The molecule has 0 heterocycles. The molecule has 0 saturated carbocycles. The Bertz CT molecular complexity index is 336. The van der Waals surface area contributed by atoms with Gasteiger partial charge >= 0.3 is 0 Å². The molecule has 13 heavy (non-hydrogen) atoms. The monoisotopic (exact) mass is 181 g/mol. The summed E-state index contributed by atoms with van der Waals surface area (Å²) in [6, 6.07) is 4.56. The van der Waals surface area contributed by atoms with Crippen molar-refractivity contribution in [2.45, 2.75) is 0 Å². The SMILES string of the molecule is N/N=C(\NN)c1ccc(N)cc1O. The lowest BCUT2D eigenvalue weighted by Crippen LogP contribution is -2.32. The average molecular weight is 181 g/mol. The minimum absolute atomic E-state index is 0.0258. The molecule has 0 aromatic heterocycles. The van der Waals surface area contributed by atoms with Crippen LogP contribution in [0.3, 0.4) is 0 Å². The number of nitrogens with one attached hydrogen (secondary N) is 1. The van der Waals surface area contributed by atoms with E-state index < -0.39 is 0 Å². The van der Waals surface area contributed by atoms with E-state index in [4.69, 9.17) is 17.4 Å². The summed E-state index contributed by atoms with van der Waals surface area (Å²) in [5.74, 6) is 10.3. The molecule has 0 aliphatic rings. The van der Waals surface area contributed by atoms with E-state index in [1.807, 2.05) is 0 Å². The number of hydrogen-bond donors (Lipinski definition) is 5. The molecule has 0 radical (unpaired) electrons. The molecular weight excluding hydrogens is 170 g/mol. The largest absolute Gasteiger partial charge is 0.507 e. The maximum atomic E-state index is 9.41. The molecule has 70 valence electrons. The second kappa shape index (κ2) is 3.63. The van der Waals surface area contributed by atoms with Gasteiger partial charge in [0.15, 0.2) is 5.84 Å². The second-order valence-electron chi connectivity index (χ2n) is 2.40. The van der Waals surface area contributed by atoms with Crippen molar-refractivity contribution in [3.05, 3.63) is 23.8 Å². The van der Waals surface area contributed by atoms with Crippen molar-refractivity contribution in [3.8, 4) is 5.75 Å². The Morgan fingerprint density at radius 1 is 1.46 bits per heavy atom. The summed E-state index contributed by atoms with van der Waals surface area (Å²) in [6.45, 7) is 0. The van der Waals surface area contributed by atoms with Crippen LogP contribution in [0.25, 0.3) is 0 Å². The van der Waals surface area contributed by atoms with Crippen molar-refractivity contribution >= 4 is 11.5 Å². The number of hydrazone groups is 1. The molecule has 0 spiro atoms. The lowest BCUT2D eigenvalue weighted by Gasteiger charge is -2.06. The number of benzene rings is 1. The van der Waals surface area contributed by atoms with E-state index in [9.17, 15) is 5.11 Å².